The quantitative estimate of drug-likeness (QED) is 0.352. The molecule has 0 saturated heterocycles. The third-order valence-corrected chi connectivity index (χ3v) is 4.25. The van der Waals surface area contributed by atoms with Crippen molar-refractivity contribution in [3.63, 3.8) is 0 Å². The number of aromatic amines is 2. The highest BCUT2D eigenvalue weighted by Crippen LogP contribution is 2.25. The summed E-state index contributed by atoms with van der Waals surface area (Å²) in [6.07, 6.45) is 0. The first-order valence-corrected chi connectivity index (χ1v) is 7.84. The van der Waals surface area contributed by atoms with Crippen molar-refractivity contribution in [2.75, 3.05) is 0 Å². The average Bonchev–Trinajstić information content (AvgIpc) is 3.14. The van der Waals surface area contributed by atoms with Crippen molar-refractivity contribution < 1.29 is 14.3 Å². The highest BCUT2D eigenvalue weighted by molar-refractivity contribution is 7.98. The van der Waals surface area contributed by atoms with Gasteiger partial charge in [-0.3, -0.25) is 10.1 Å². The van der Waals surface area contributed by atoms with Crippen molar-refractivity contribution in [2.24, 2.45) is 0 Å². The molecule has 0 bridgehead atoms. The molecule has 0 fully saturated rings. The molecule has 2 aromatic heterocycles. The fourth-order valence-corrected chi connectivity index (χ4v) is 3.06. The molecule has 0 saturated carbocycles. The van der Waals surface area contributed by atoms with E-state index in [1.165, 1.54) is 23.9 Å². The summed E-state index contributed by atoms with van der Waals surface area (Å²) in [5, 5.41) is 11.4. The standard InChI is InChI=1S/C15H10N4O3S/c20-19(21)9-5-6-10-12(7-9)17-14(16-10)8-23-15-18-11-3-1-2-4-13(11)22-15/h1-7H,8H2,(H,16,17)/p+1. The zero-order chi connectivity index (χ0) is 15.8. The fraction of sp³-hybridized carbons (Fsp3) is 0.0667. The van der Waals surface area contributed by atoms with Crippen LogP contribution in [0.15, 0.2) is 52.1 Å². The highest BCUT2D eigenvalue weighted by Gasteiger charge is 2.16. The van der Waals surface area contributed by atoms with Crippen molar-refractivity contribution in [3.8, 4) is 0 Å². The Labute approximate surface area is 133 Å². The third-order valence-electron chi connectivity index (χ3n) is 3.40. The number of thioether (sulfide) groups is 1. The van der Waals surface area contributed by atoms with Gasteiger partial charge in [0, 0.05) is 6.07 Å². The van der Waals surface area contributed by atoms with Gasteiger partial charge in [-0.05, 0) is 18.2 Å². The molecule has 2 aromatic carbocycles. The Morgan fingerprint density at radius 3 is 3.00 bits per heavy atom. The van der Waals surface area contributed by atoms with E-state index >= 15 is 0 Å². The summed E-state index contributed by atoms with van der Waals surface area (Å²) in [4.78, 5) is 21.1. The number of oxazole rings is 1. The predicted octanol–water partition coefficient (Wildman–Crippen LogP) is 3.32. The van der Waals surface area contributed by atoms with Gasteiger partial charge in [0.1, 0.15) is 11.3 Å². The number of benzene rings is 2. The smallest absolute Gasteiger partial charge is 0.273 e. The number of rotatable bonds is 4. The Balaban J connectivity index is 1.56. The highest BCUT2D eigenvalue weighted by atomic mass is 32.2. The van der Waals surface area contributed by atoms with Gasteiger partial charge in [0.15, 0.2) is 16.6 Å². The van der Waals surface area contributed by atoms with E-state index in [1.54, 1.807) is 6.07 Å². The molecule has 0 unspecified atom stereocenters. The van der Waals surface area contributed by atoms with Gasteiger partial charge in [-0.2, -0.15) is 0 Å². The maximum absolute atomic E-state index is 10.8. The van der Waals surface area contributed by atoms with Crippen LogP contribution in [0.1, 0.15) is 5.82 Å². The number of para-hydroxylation sites is 2. The van der Waals surface area contributed by atoms with E-state index in [9.17, 15) is 10.1 Å². The van der Waals surface area contributed by atoms with Crippen LogP contribution in [0.5, 0.6) is 0 Å². The number of nitro groups is 1. The Morgan fingerprint density at radius 1 is 1.30 bits per heavy atom. The van der Waals surface area contributed by atoms with Crippen molar-refractivity contribution in [3.05, 3.63) is 58.4 Å². The molecule has 0 atom stereocenters. The van der Waals surface area contributed by atoms with Crippen LogP contribution in [0, 0.1) is 10.1 Å². The lowest BCUT2D eigenvalue weighted by Gasteiger charge is -1.88. The normalized spacial score (nSPS) is 11.3. The first-order valence-electron chi connectivity index (χ1n) is 6.86. The van der Waals surface area contributed by atoms with Crippen LogP contribution in [0.4, 0.5) is 5.69 Å². The molecule has 0 aliphatic carbocycles. The minimum Gasteiger partial charge on any atom is -0.431 e. The summed E-state index contributed by atoms with van der Waals surface area (Å²) in [5.74, 6) is 1.43. The van der Waals surface area contributed by atoms with Gasteiger partial charge in [0.2, 0.25) is 0 Å². The van der Waals surface area contributed by atoms with Crippen molar-refractivity contribution in [1.29, 1.82) is 0 Å². The molecule has 4 aromatic rings. The minimum atomic E-state index is -0.410. The number of hydrogen-bond acceptors (Lipinski definition) is 5. The summed E-state index contributed by atoms with van der Waals surface area (Å²) in [6, 6.07) is 12.3. The van der Waals surface area contributed by atoms with Gasteiger partial charge in [0.05, 0.1) is 11.0 Å². The first kappa shape index (κ1) is 13.8. The Hall–Kier alpha value is -2.87. The summed E-state index contributed by atoms with van der Waals surface area (Å²) in [5.41, 5.74) is 3.17. The Kier molecular flexibility index (Phi) is 3.23. The lowest BCUT2D eigenvalue weighted by Crippen LogP contribution is -2.05. The van der Waals surface area contributed by atoms with E-state index in [4.69, 9.17) is 4.42 Å². The fourth-order valence-electron chi connectivity index (χ4n) is 2.33. The molecule has 114 valence electrons. The van der Waals surface area contributed by atoms with E-state index < -0.39 is 4.92 Å². The van der Waals surface area contributed by atoms with Gasteiger partial charge in [-0.25, -0.2) is 15.0 Å². The number of hydrogen-bond donors (Lipinski definition) is 1. The SMILES string of the molecule is O=[N+]([O-])c1ccc2[nH+]c(CSc3nc4ccccc4o3)[nH]c2c1. The summed E-state index contributed by atoms with van der Waals surface area (Å²) < 4.78 is 5.65. The number of H-pyrrole nitrogens is 2. The van der Waals surface area contributed by atoms with E-state index in [0.29, 0.717) is 16.5 Å². The zero-order valence-electron chi connectivity index (χ0n) is 11.8. The number of imidazole rings is 1. The lowest BCUT2D eigenvalue weighted by molar-refractivity contribution is -0.385. The molecule has 8 heteroatoms. The number of nitro benzene ring substituents is 1. The molecule has 7 nitrogen and oxygen atoms in total. The summed E-state index contributed by atoms with van der Waals surface area (Å²) in [6.45, 7) is 0. The van der Waals surface area contributed by atoms with Crippen molar-refractivity contribution in [1.82, 2.24) is 9.97 Å². The molecular formula is C15H11N4O3S+. The van der Waals surface area contributed by atoms with Gasteiger partial charge in [-0.15, -0.1) is 0 Å². The largest absolute Gasteiger partial charge is 0.431 e. The maximum atomic E-state index is 10.8. The van der Waals surface area contributed by atoms with Crippen LogP contribution in [-0.4, -0.2) is 14.9 Å². The zero-order valence-corrected chi connectivity index (χ0v) is 12.6. The maximum Gasteiger partial charge on any atom is 0.273 e. The lowest BCUT2D eigenvalue weighted by atomic mass is 10.3. The van der Waals surface area contributed by atoms with Gasteiger partial charge in [0.25, 0.3) is 16.7 Å². The molecule has 2 N–H and O–H groups in total. The van der Waals surface area contributed by atoms with E-state index in [-0.39, 0.29) is 5.69 Å². The second kappa shape index (κ2) is 5.40. The molecule has 0 radical (unpaired) electrons. The van der Waals surface area contributed by atoms with Crippen LogP contribution in [0.3, 0.4) is 0 Å². The predicted molar refractivity (Wildman–Crippen MR) is 85.1 cm³/mol. The van der Waals surface area contributed by atoms with E-state index in [0.717, 1.165) is 22.4 Å². The Morgan fingerprint density at radius 2 is 2.17 bits per heavy atom. The van der Waals surface area contributed by atoms with Crippen LogP contribution in [0.2, 0.25) is 0 Å². The topological polar surface area (TPSA) is 99.1 Å². The van der Waals surface area contributed by atoms with Gasteiger partial charge < -0.3 is 4.42 Å². The molecule has 0 aliphatic heterocycles. The Bertz CT molecular complexity index is 991. The second-order valence-corrected chi connectivity index (χ2v) is 5.88. The summed E-state index contributed by atoms with van der Waals surface area (Å²) in [7, 11) is 0. The number of nitrogens with one attached hydrogen (secondary N) is 2. The molecule has 23 heavy (non-hydrogen) atoms. The number of aromatic nitrogens is 3. The third kappa shape index (κ3) is 2.64. The number of fused-ring (bicyclic) bond motifs is 2. The minimum absolute atomic E-state index is 0.0610. The molecule has 2 heterocycles. The van der Waals surface area contributed by atoms with Crippen LogP contribution in [0.25, 0.3) is 22.1 Å². The average molecular weight is 327 g/mol. The second-order valence-electron chi connectivity index (χ2n) is 4.95. The summed E-state index contributed by atoms with van der Waals surface area (Å²) >= 11 is 1.45. The van der Waals surface area contributed by atoms with E-state index in [1.807, 2.05) is 24.3 Å². The monoisotopic (exact) mass is 327 g/mol. The van der Waals surface area contributed by atoms with Gasteiger partial charge >= 0.3 is 0 Å². The first-order chi connectivity index (χ1) is 11.2. The molecule has 0 amide bonds. The molecule has 0 spiro atoms. The number of nitrogens with zero attached hydrogens (tertiary/aromatic N) is 2. The molecule has 4 rings (SSSR count). The van der Waals surface area contributed by atoms with Crippen molar-refractivity contribution >= 4 is 39.6 Å². The molecule has 0 aliphatic rings. The van der Waals surface area contributed by atoms with Crippen LogP contribution < -0.4 is 4.98 Å². The molecular weight excluding hydrogens is 316 g/mol. The van der Waals surface area contributed by atoms with Crippen LogP contribution in [-0.2, 0) is 5.75 Å². The van der Waals surface area contributed by atoms with E-state index in [2.05, 4.69) is 15.0 Å². The van der Waals surface area contributed by atoms with Gasteiger partial charge in [-0.1, -0.05) is 23.9 Å². The van der Waals surface area contributed by atoms with Crippen LogP contribution >= 0.6 is 11.8 Å². The van der Waals surface area contributed by atoms with Crippen molar-refractivity contribution in [2.45, 2.75) is 11.0 Å². The number of non-ortho nitro benzene ring substituents is 1.